The third-order valence-electron chi connectivity index (χ3n) is 6.01. The van der Waals surface area contributed by atoms with E-state index in [9.17, 15) is 24.8 Å². The lowest BCUT2D eigenvalue weighted by Crippen LogP contribution is -2.21. The monoisotopic (exact) mass is 385 g/mol. The highest BCUT2D eigenvalue weighted by Gasteiger charge is 2.26. The van der Waals surface area contributed by atoms with Crippen molar-refractivity contribution in [3.63, 3.8) is 0 Å². The van der Waals surface area contributed by atoms with Gasteiger partial charge >= 0.3 is 5.97 Å². The Bertz CT molecular complexity index is 1000. The maximum absolute atomic E-state index is 12.7. The van der Waals surface area contributed by atoms with Gasteiger partial charge in [0, 0.05) is 24.3 Å². The van der Waals surface area contributed by atoms with Gasteiger partial charge < -0.3 is 15.0 Å². The van der Waals surface area contributed by atoms with Crippen molar-refractivity contribution in [2.24, 2.45) is 0 Å². The van der Waals surface area contributed by atoms with Gasteiger partial charge in [0.15, 0.2) is 0 Å². The average molecular weight is 385 g/mol. The van der Waals surface area contributed by atoms with Crippen LogP contribution in [0.25, 0.3) is 10.9 Å². The predicted octanol–water partition coefficient (Wildman–Crippen LogP) is 4.08. The standard InChI is InChI=1S/C20H23N3O5/c24-19-14-9-18(23(27)28)16(21-12-5-1-2-6-12)10-17(14)22(11-15(19)20(25)26)13-7-3-4-8-13/h9-13,21H,1-8H2,(H,25,26). The fourth-order valence-corrected chi connectivity index (χ4v) is 4.58. The summed E-state index contributed by atoms with van der Waals surface area (Å²) in [5.41, 5.74) is -0.235. The van der Waals surface area contributed by atoms with E-state index in [1.54, 1.807) is 6.07 Å². The van der Waals surface area contributed by atoms with Crippen molar-refractivity contribution in [1.82, 2.24) is 4.57 Å². The molecule has 0 saturated heterocycles. The lowest BCUT2D eigenvalue weighted by molar-refractivity contribution is -0.383. The van der Waals surface area contributed by atoms with E-state index in [-0.39, 0.29) is 28.7 Å². The van der Waals surface area contributed by atoms with E-state index >= 15 is 0 Å². The van der Waals surface area contributed by atoms with Crippen molar-refractivity contribution < 1.29 is 14.8 Å². The molecule has 28 heavy (non-hydrogen) atoms. The number of hydrogen-bond acceptors (Lipinski definition) is 5. The second-order valence-electron chi connectivity index (χ2n) is 7.79. The first-order valence-corrected chi connectivity index (χ1v) is 9.83. The largest absolute Gasteiger partial charge is 0.477 e. The first-order chi connectivity index (χ1) is 13.5. The van der Waals surface area contributed by atoms with Crippen LogP contribution in [0.15, 0.2) is 23.1 Å². The molecule has 2 saturated carbocycles. The van der Waals surface area contributed by atoms with Crippen LogP contribution in [0.3, 0.4) is 0 Å². The molecule has 2 N–H and O–H groups in total. The molecule has 2 fully saturated rings. The molecule has 8 nitrogen and oxygen atoms in total. The maximum Gasteiger partial charge on any atom is 0.341 e. The topological polar surface area (TPSA) is 114 Å². The van der Waals surface area contributed by atoms with Gasteiger partial charge in [-0.1, -0.05) is 25.7 Å². The van der Waals surface area contributed by atoms with Crippen molar-refractivity contribution in [3.8, 4) is 0 Å². The molecule has 4 rings (SSSR count). The Labute approximate surface area is 161 Å². The average Bonchev–Trinajstić information content (AvgIpc) is 3.35. The number of carboxylic acids is 1. The third kappa shape index (κ3) is 3.23. The van der Waals surface area contributed by atoms with Crippen molar-refractivity contribution in [2.75, 3.05) is 5.32 Å². The highest BCUT2D eigenvalue weighted by atomic mass is 16.6. The van der Waals surface area contributed by atoms with Crippen LogP contribution in [0.4, 0.5) is 11.4 Å². The van der Waals surface area contributed by atoms with Crippen LogP contribution in [0.2, 0.25) is 0 Å². The summed E-state index contributed by atoms with van der Waals surface area (Å²) in [6, 6.07) is 3.19. The van der Waals surface area contributed by atoms with Gasteiger partial charge in [0.05, 0.1) is 15.8 Å². The molecular formula is C20H23N3O5. The molecule has 0 atom stereocenters. The molecule has 0 aliphatic heterocycles. The van der Waals surface area contributed by atoms with Crippen LogP contribution < -0.4 is 10.7 Å². The molecule has 0 unspecified atom stereocenters. The Morgan fingerprint density at radius 1 is 1.14 bits per heavy atom. The number of fused-ring (bicyclic) bond motifs is 1. The molecule has 2 aliphatic carbocycles. The Morgan fingerprint density at radius 3 is 2.39 bits per heavy atom. The number of carbonyl (C=O) groups is 1. The second-order valence-corrected chi connectivity index (χ2v) is 7.79. The van der Waals surface area contributed by atoms with Crippen molar-refractivity contribution in [1.29, 1.82) is 0 Å². The normalized spacial score (nSPS) is 18.0. The number of benzene rings is 1. The van der Waals surface area contributed by atoms with Crippen molar-refractivity contribution in [3.05, 3.63) is 44.2 Å². The van der Waals surface area contributed by atoms with E-state index in [4.69, 9.17) is 0 Å². The number of rotatable bonds is 5. The summed E-state index contributed by atoms with van der Waals surface area (Å²) >= 11 is 0. The number of carboxylic acid groups (broad SMARTS) is 1. The number of hydrogen-bond donors (Lipinski definition) is 2. The smallest absolute Gasteiger partial charge is 0.341 e. The highest BCUT2D eigenvalue weighted by Crippen LogP contribution is 2.36. The lowest BCUT2D eigenvalue weighted by Gasteiger charge is -2.20. The Kier molecular flexibility index (Phi) is 4.78. The number of aromatic carboxylic acids is 1. The zero-order valence-corrected chi connectivity index (χ0v) is 15.5. The Balaban J connectivity index is 1.95. The summed E-state index contributed by atoms with van der Waals surface area (Å²) in [4.78, 5) is 35.5. The van der Waals surface area contributed by atoms with Gasteiger partial charge in [0.2, 0.25) is 5.43 Å². The van der Waals surface area contributed by atoms with E-state index in [1.807, 2.05) is 4.57 Å². The minimum atomic E-state index is -1.31. The summed E-state index contributed by atoms with van der Waals surface area (Å²) in [5.74, 6) is -1.31. The maximum atomic E-state index is 12.7. The van der Waals surface area contributed by atoms with Gasteiger partial charge in [-0.25, -0.2) is 4.79 Å². The zero-order chi connectivity index (χ0) is 19.8. The summed E-state index contributed by atoms with van der Waals surface area (Å²) in [7, 11) is 0. The van der Waals surface area contributed by atoms with E-state index in [0.717, 1.165) is 51.4 Å². The summed E-state index contributed by atoms with van der Waals surface area (Å²) < 4.78 is 1.84. The number of aromatic nitrogens is 1. The highest BCUT2D eigenvalue weighted by molar-refractivity contribution is 5.95. The number of pyridine rings is 1. The minimum Gasteiger partial charge on any atom is -0.477 e. The van der Waals surface area contributed by atoms with Gasteiger partial charge in [-0.05, 0) is 31.7 Å². The molecular weight excluding hydrogens is 362 g/mol. The van der Waals surface area contributed by atoms with E-state index in [1.165, 1.54) is 12.3 Å². The van der Waals surface area contributed by atoms with Gasteiger partial charge in [0.25, 0.3) is 5.69 Å². The number of anilines is 1. The van der Waals surface area contributed by atoms with Crippen LogP contribution in [-0.2, 0) is 0 Å². The van der Waals surface area contributed by atoms with Crippen LogP contribution in [0.1, 0.15) is 67.8 Å². The van der Waals surface area contributed by atoms with Gasteiger partial charge in [-0.2, -0.15) is 0 Å². The molecule has 2 aromatic rings. The molecule has 1 aromatic heterocycles. The SMILES string of the molecule is O=C(O)c1cn(C2CCCC2)c2cc(NC3CCCC3)c([N+](=O)[O-])cc2c1=O. The Morgan fingerprint density at radius 2 is 1.79 bits per heavy atom. The van der Waals surface area contributed by atoms with E-state index < -0.39 is 16.3 Å². The van der Waals surface area contributed by atoms with E-state index in [0.29, 0.717) is 11.2 Å². The fraction of sp³-hybridized carbons (Fsp3) is 0.500. The summed E-state index contributed by atoms with van der Waals surface area (Å²) in [5, 5.41) is 24.5. The van der Waals surface area contributed by atoms with Crippen molar-refractivity contribution >= 4 is 28.2 Å². The third-order valence-corrected chi connectivity index (χ3v) is 6.01. The van der Waals surface area contributed by atoms with Crippen LogP contribution >= 0.6 is 0 Å². The first-order valence-electron chi connectivity index (χ1n) is 9.83. The quantitative estimate of drug-likeness (QED) is 0.592. The molecule has 8 heteroatoms. The van der Waals surface area contributed by atoms with Crippen LogP contribution in [-0.4, -0.2) is 26.6 Å². The molecule has 0 bridgehead atoms. The lowest BCUT2D eigenvalue weighted by atomic mass is 10.1. The predicted molar refractivity (Wildman–Crippen MR) is 105 cm³/mol. The van der Waals surface area contributed by atoms with Gasteiger partial charge in [-0.15, -0.1) is 0 Å². The van der Waals surface area contributed by atoms with Crippen LogP contribution in [0, 0.1) is 10.1 Å². The van der Waals surface area contributed by atoms with Crippen LogP contribution in [0.5, 0.6) is 0 Å². The summed E-state index contributed by atoms with van der Waals surface area (Å²) in [6.45, 7) is 0. The van der Waals surface area contributed by atoms with Crippen molar-refractivity contribution in [2.45, 2.75) is 63.5 Å². The minimum absolute atomic E-state index is 0.0930. The number of nitro groups is 1. The first kappa shape index (κ1) is 18.5. The molecule has 1 heterocycles. The number of nitro benzene ring substituents is 1. The zero-order valence-electron chi connectivity index (χ0n) is 15.5. The Hall–Kier alpha value is -2.90. The molecule has 1 aromatic carbocycles. The summed E-state index contributed by atoms with van der Waals surface area (Å²) in [6.07, 6.45) is 9.40. The molecule has 0 amide bonds. The van der Waals surface area contributed by atoms with Gasteiger partial charge in [0.1, 0.15) is 11.3 Å². The molecule has 148 valence electrons. The molecule has 2 aliphatic rings. The number of nitrogens with zero attached hydrogens (tertiary/aromatic N) is 2. The van der Waals surface area contributed by atoms with Gasteiger partial charge in [-0.3, -0.25) is 14.9 Å². The molecule has 0 spiro atoms. The fourth-order valence-electron chi connectivity index (χ4n) is 4.58. The van der Waals surface area contributed by atoms with E-state index in [2.05, 4.69) is 5.32 Å². The number of nitrogens with one attached hydrogen (secondary N) is 1. The second kappa shape index (κ2) is 7.26. The molecule has 0 radical (unpaired) electrons.